The maximum Gasteiger partial charge on any atom is 0.501 e. The van der Waals surface area contributed by atoms with E-state index in [1.165, 1.54) is 12.4 Å². The second-order valence-electron chi connectivity index (χ2n) is 6.91. The van der Waals surface area contributed by atoms with E-state index >= 15 is 0 Å². The van der Waals surface area contributed by atoms with Crippen molar-refractivity contribution in [3.8, 4) is 11.6 Å². The van der Waals surface area contributed by atoms with Crippen molar-refractivity contribution in [2.75, 3.05) is 12.4 Å². The topological polar surface area (TPSA) is 146 Å². The summed E-state index contributed by atoms with van der Waals surface area (Å²) >= 11 is 0. The quantitative estimate of drug-likeness (QED) is 0.339. The van der Waals surface area contributed by atoms with Gasteiger partial charge >= 0.3 is 11.7 Å². The highest BCUT2D eigenvalue weighted by Crippen LogP contribution is 2.34. The average molecular weight is 561 g/mol. The molecule has 36 heavy (non-hydrogen) atoms. The van der Waals surface area contributed by atoms with Gasteiger partial charge in [-0.25, -0.2) is 32.3 Å². The zero-order valence-electron chi connectivity index (χ0n) is 17.6. The van der Waals surface area contributed by atoms with Gasteiger partial charge in [-0.05, 0) is 24.3 Å². The number of hydroxylamine groups is 1. The van der Waals surface area contributed by atoms with Gasteiger partial charge in [-0.3, -0.25) is 9.63 Å². The molecule has 0 bridgehead atoms. The van der Waals surface area contributed by atoms with Crippen molar-refractivity contribution in [2.24, 2.45) is 0 Å². The Balaban J connectivity index is 2.06. The van der Waals surface area contributed by atoms with Crippen LogP contribution in [0.5, 0.6) is 0 Å². The highest BCUT2D eigenvalue weighted by molar-refractivity contribution is 7.92. The largest absolute Gasteiger partial charge is 0.501 e. The second-order valence-corrected chi connectivity index (χ2v) is 11.1. The van der Waals surface area contributed by atoms with Gasteiger partial charge in [-0.2, -0.15) is 26.3 Å². The van der Waals surface area contributed by atoms with Gasteiger partial charge in [0.05, 0.1) is 21.1 Å². The smallest absolute Gasteiger partial charge is 0.435 e. The van der Waals surface area contributed by atoms with Crippen LogP contribution in [0, 0.1) is 0 Å². The number of carbonyl (C=O) groups excluding carboxylic acids is 1. The number of aromatic nitrogens is 2. The number of amides is 1. The Kier molecular flexibility index (Phi) is 7.08. The minimum atomic E-state index is -5.71. The zero-order valence-corrected chi connectivity index (χ0v) is 19.3. The van der Waals surface area contributed by atoms with Crippen molar-refractivity contribution < 1.29 is 57.2 Å². The van der Waals surface area contributed by atoms with Crippen LogP contribution in [0.3, 0.4) is 0 Å². The molecule has 3 aromatic rings. The lowest BCUT2D eigenvalue weighted by Gasteiger charge is -2.10. The van der Waals surface area contributed by atoms with E-state index in [0.29, 0.717) is 12.1 Å². The molecule has 2 aromatic heterocycles. The lowest BCUT2D eigenvalue weighted by Crippen LogP contribution is -2.29. The summed E-state index contributed by atoms with van der Waals surface area (Å²) in [4.78, 5) is 21.9. The number of hydrogen-bond acceptors (Lipinski definition) is 9. The Bertz CT molecular complexity index is 1530. The Morgan fingerprint density at radius 1 is 1.08 bits per heavy atom. The Morgan fingerprint density at radius 2 is 1.75 bits per heavy atom. The summed E-state index contributed by atoms with van der Waals surface area (Å²) in [6.45, 7) is -0.585. The molecule has 3 rings (SSSR count). The molecule has 0 saturated carbocycles. The molecule has 0 aliphatic rings. The molecular weight excluding hydrogens is 548 g/mol. The van der Waals surface area contributed by atoms with E-state index in [9.17, 15) is 48.0 Å². The van der Waals surface area contributed by atoms with Crippen LogP contribution >= 0.6 is 0 Å². The van der Waals surface area contributed by atoms with Crippen LogP contribution in [0.25, 0.3) is 22.7 Å². The highest BCUT2D eigenvalue weighted by Gasteiger charge is 2.47. The number of oxazole rings is 1. The number of nitrogens with one attached hydrogen (secondary N) is 1. The Hall–Kier alpha value is -3.25. The molecule has 1 amide bonds. The van der Waals surface area contributed by atoms with Crippen molar-refractivity contribution in [1.29, 1.82) is 0 Å². The van der Waals surface area contributed by atoms with Crippen LogP contribution in [0.1, 0.15) is 17.3 Å². The molecule has 196 valence electrons. The molecule has 2 heterocycles. The van der Waals surface area contributed by atoms with Crippen molar-refractivity contribution in [2.45, 2.75) is 28.4 Å². The molecule has 18 heteroatoms. The van der Waals surface area contributed by atoms with E-state index in [-0.39, 0.29) is 11.1 Å². The number of hydrogen-bond donors (Lipinski definition) is 1. The lowest BCUT2D eigenvalue weighted by molar-refractivity contribution is -0.184. The zero-order chi connectivity index (χ0) is 27.1. The maximum absolute atomic E-state index is 12.8. The van der Waals surface area contributed by atoms with E-state index in [4.69, 9.17) is 4.42 Å². The summed E-state index contributed by atoms with van der Waals surface area (Å²) in [7, 11) is -9.88. The van der Waals surface area contributed by atoms with Gasteiger partial charge in [-0.15, -0.1) is 0 Å². The SMILES string of the molecule is CCS(=O)(=O)c1cc(C(=O)NOCC(F)(F)F)cnc1-c1nc2cc(S(=O)(=O)C(F)(F)F)ccc2o1. The summed E-state index contributed by atoms with van der Waals surface area (Å²) in [5, 5.41) is 0. The molecule has 0 aliphatic carbocycles. The van der Waals surface area contributed by atoms with Crippen molar-refractivity contribution in [3.63, 3.8) is 0 Å². The van der Waals surface area contributed by atoms with Crippen LogP contribution in [0.15, 0.2) is 44.7 Å². The molecule has 0 fully saturated rings. The van der Waals surface area contributed by atoms with E-state index in [0.717, 1.165) is 18.3 Å². The Labute approximate surface area is 198 Å². The lowest BCUT2D eigenvalue weighted by atomic mass is 10.2. The molecule has 0 atom stereocenters. The molecule has 0 unspecified atom stereocenters. The molecule has 1 N–H and O–H groups in total. The number of alkyl halides is 6. The van der Waals surface area contributed by atoms with Gasteiger partial charge in [0, 0.05) is 6.20 Å². The molecule has 0 saturated heterocycles. The van der Waals surface area contributed by atoms with E-state index in [1.54, 1.807) is 0 Å². The molecule has 0 aliphatic heterocycles. The number of pyridine rings is 1. The summed E-state index contributed by atoms with van der Waals surface area (Å²) in [5.41, 5.74) is -5.69. The summed E-state index contributed by atoms with van der Waals surface area (Å²) in [6.07, 6.45) is -3.98. The van der Waals surface area contributed by atoms with Crippen LogP contribution in [-0.4, -0.2) is 56.8 Å². The average Bonchev–Trinajstić information content (AvgIpc) is 3.20. The van der Waals surface area contributed by atoms with Crippen LogP contribution in [0.2, 0.25) is 0 Å². The molecule has 1 aromatic carbocycles. The van der Waals surface area contributed by atoms with Gasteiger partial charge < -0.3 is 4.42 Å². The van der Waals surface area contributed by atoms with E-state index in [2.05, 4.69) is 14.8 Å². The predicted molar refractivity (Wildman–Crippen MR) is 108 cm³/mol. The van der Waals surface area contributed by atoms with E-state index < -0.39 is 76.6 Å². The van der Waals surface area contributed by atoms with E-state index in [1.807, 2.05) is 0 Å². The van der Waals surface area contributed by atoms with Crippen LogP contribution in [-0.2, 0) is 24.5 Å². The van der Waals surface area contributed by atoms with Crippen molar-refractivity contribution in [1.82, 2.24) is 15.4 Å². The minimum absolute atomic E-state index is 0.213. The summed E-state index contributed by atoms with van der Waals surface area (Å²) < 4.78 is 129. The third-order valence-electron chi connectivity index (χ3n) is 4.41. The normalized spacial score (nSPS) is 13.2. The number of sulfone groups is 2. The maximum atomic E-state index is 12.8. The molecule has 10 nitrogen and oxygen atoms in total. The van der Waals surface area contributed by atoms with Gasteiger partial charge in [0.25, 0.3) is 15.7 Å². The number of carbonyl (C=O) groups is 1. The first kappa shape index (κ1) is 27.3. The number of benzene rings is 1. The fourth-order valence-corrected chi connectivity index (χ4v) is 4.51. The van der Waals surface area contributed by atoms with Gasteiger partial charge in [0.2, 0.25) is 5.89 Å². The van der Waals surface area contributed by atoms with Crippen LogP contribution < -0.4 is 5.48 Å². The second kappa shape index (κ2) is 9.32. The van der Waals surface area contributed by atoms with Gasteiger partial charge in [0.1, 0.15) is 11.2 Å². The standard InChI is InChI=1S/C18H13F6N3O7S2/c1-2-35(29,30)13-5-9(15(28)27-33-8-17(19,20)21)7-25-14(13)16-26-11-6-10(3-4-12(11)34-16)36(31,32)18(22,23)24/h3-7H,2,8H2,1H3,(H,27,28). The first-order valence-corrected chi connectivity index (χ1v) is 12.5. The first-order valence-electron chi connectivity index (χ1n) is 9.40. The molecule has 0 spiro atoms. The first-order chi connectivity index (χ1) is 16.5. The third-order valence-corrected chi connectivity index (χ3v) is 7.63. The highest BCUT2D eigenvalue weighted by atomic mass is 32.2. The minimum Gasteiger partial charge on any atom is -0.435 e. The van der Waals surface area contributed by atoms with Gasteiger partial charge in [-0.1, -0.05) is 6.92 Å². The monoisotopic (exact) mass is 561 g/mol. The predicted octanol–water partition coefficient (Wildman–Crippen LogP) is 3.20. The Morgan fingerprint density at radius 3 is 2.33 bits per heavy atom. The van der Waals surface area contributed by atoms with Crippen LogP contribution in [0.4, 0.5) is 26.3 Å². The summed E-state index contributed by atoms with van der Waals surface area (Å²) in [6, 6.07) is 2.82. The fraction of sp³-hybridized carbons (Fsp3) is 0.278. The molecule has 0 radical (unpaired) electrons. The third kappa shape index (κ3) is 5.59. The molecular formula is C18H13F6N3O7S2. The number of fused-ring (bicyclic) bond motifs is 1. The number of rotatable bonds is 7. The van der Waals surface area contributed by atoms with Gasteiger partial charge in [0.15, 0.2) is 22.0 Å². The number of halogens is 6. The fourth-order valence-electron chi connectivity index (χ4n) is 2.67. The van der Waals surface area contributed by atoms with Crippen molar-refractivity contribution >= 4 is 36.7 Å². The number of nitrogens with zero attached hydrogens (tertiary/aromatic N) is 2. The van der Waals surface area contributed by atoms with Crippen molar-refractivity contribution in [3.05, 3.63) is 36.0 Å². The summed E-state index contributed by atoms with van der Waals surface area (Å²) in [5.74, 6) is -2.32.